The monoisotopic (exact) mass is 441 g/mol. The van der Waals surface area contributed by atoms with Gasteiger partial charge >= 0.3 is 5.97 Å². The van der Waals surface area contributed by atoms with E-state index in [2.05, 4.69) is 10.4 Å². The van der Waals surface area contributed by atoms with E-state index in [4.69, 9.17) is 9.47 Å². The smallest absolute Gasteiger partial charge is 0.311 e. The molecule has 4 aromatic rings. The molecule has 166 valence electrons. The van der Waals surface area contributed by atoms with Crippen LogP contribution < -0.4 is 14.8 Å². The van der Waals surface area contributed by atoms with Crippen molar-refractivity contribution in [2.45, 2.75) is 12.8 Å². The number of ether oxygens (including phenoxy) is 2. The Kier molecular flexibility index (Phi) is 6.80. The van der Waals surface area contributed by atoms with Gasteiger partial charge in [0.05, 0.1) is 31.0 Å². The van der Waals surface area contributed by atoms with Crippen molar-refractivity contribution < 1.29 is 19.1 Å². The number of para-hydroxylation sites is 2. The van der Waals surface area contributed by atoms with Crippen LogP contribution in [0.5, 0.6) is 11.5 Å². The van der Waals surface area contributed by atoms with Crippen LogP contribution >= 0.6 is 0 Å². The predicted molar refractivity (Wildman–Crippen MR) is 125 cm³/mol. The summed E-state index contributed by atoms with van der Waals surface area (Å²) >= 11 is 0. The number of rotatable bonds is 8. The standard InChI is InChI=1S/C26H23N3O4/c1-32-24-10-6-5-9-23(24)26(31)28-20-12-14-22(15-13-20)33-25(30)16-11-19-17-27-29(18-19)21-7-3-2-4-8-21/h2-10,12-15,17-18H,11,16H2,1H3,(H,28,31). The molecule has 0 saturated heterocycles. The molecule has 7 nitrogen and oxygen atoms in total. The van der Waals surface area contributed by atoms with E-state index in [1.807, 2.05) is 36.5 Å². The lowest BCUT2D eigenvalue weighted by Gasteiger charge is -2.10. The second-order valence-electron chi connectivity index (χ2n) is 7.28. The van der Waals surface area contributed by atoms with Crippen LogP contribution in [0.25, 0.3) is 5.69 Å². The molecule has 1 aromatic heterocycles. The fourth-order valence-electron chi connectivity index (χ4n) is 3.28. The summed E-state index contributed by atoms with van der Waals surface area (Å²) in [5, 5.41) is 7.14. The fourth-order valence-corrected chi connectivity index (χ4v) is 3.28. The van der Waals surface area contributed by atoms with Crippen LogP contribution in [0.3, 0.4) is 0 Å². The lowest BCUT2D eigenvalue weighted by Crippen LogP contribution is -2.13. The number of hydrogen-bond acceptors (Lipinski definition) is 5. The van der Waals surface area contributed by atoms with Crippen molar-refractivity contribution in [3.8, 4) is 17.2 Å². The van der Waals surface area contributed by atoms with E-state index in [-0.39, 0.29) is 18.3 Å². The van der Waals surface area contributed by atoms with Crippen LogP contribution in [0.15, 0.2) is 91.3 Å². The third-order valence-corrected chi connectivity index (χ3v) is 4.97. The molecule has 0 fully saturated rings. The third kappa shape index (κ3) is 5.65. The van der Waals surface area contributed by atoms with Gasteiger partial charge in [-0.15, -0.1) is 0 Å². The van der Waals surface area contributed by atoms with Crippen molar-refractivity contribution >= 4 is 17.6 Å². The Morgan fingerprint density at radius 1 is 0.939 bits per heavy atom. The van der Waals surface area contributed by atoms with E-state index in [9.17, 15) is 9.59 Å². The molecule has 0 bridgehead atoms. The summed E-state index contributed by atoms with van der Waals surface area (Å²) in [5.74, 6) is 0.284. The number of carbonyl (C=O) groups excluding carboxylic acids is 2. The first-order valence-electron chi connectivity index (χ1n) is 10.5. The maximum absolute atomic E-state index is 12.5. The van der Waals surface area contributed by atoms with Crippen molar-refractivity contribution in [1.29, 1.82) is 0 Å². The number of nitrogens with one attached hydrogen (secondary N) is 1. The van der Waals surface area contributed by atoms with Gasteiger partial charge in [-0.05, 0) is 60.5 Å². The van der Waals surface area contributed by atoms with E-state index in [1.165, 1.54) is 7.11 Å². The summed E-state index contributed by atoms with van der Waals surface area (Å²) < 4.78 is 12.4. The highest BCUT2D eigenvalue weighted by molar-refractivity contribution is 6.06. The average Bonchev–Trinajstić information content (AvgIpc) is 3.34. The molecule has 33 heavy (non-hydrogen) atoms. The van der Waals surface area contributed by atoms with Gasteiger partial charge < -0.3 is 14.8 Å². The van der Waals surface area contributed by atoms with Gasteiger partial charge in [0.1, 0.15) is 11.5 Å². The summed E-state index contributed by atoms with van der Waals surface area (Å²) in [4.78, 5) is 24.7. The molecular formula is C26H23N3O4. The lowest BCUT2D eigenvalue weighted by molar-refractivity contribution is -0.134. The highest BCUT2D eigenvalue weighted by atomic mass is 16.5. The zero-order valence-corrected chi connectivity index (χ0v) is 18.1. The molecule has 7 heteroatoms. The second-order valence-corrected chi connectivity index (χ2v) is 7.28. The molecule has 0 aliphatic rings. The van der Waals surface area contributed by atoms with Crippen LogP contribution in [-0.4, -0.2) is 28.8 Å². The molecule has 0 spiro atoms. The van der Waals surface area contributed by atoms with Gasteiger partial charge in [0.2, 0.25) is 0 Å². The van der Waals surface area contributed by atoms with E-state index in [1.54, 1.807) is 59.4 Å². The largest absolute Gasteiger partial charge is 0.496 e. The number of aromatic nitrogens is 2. The molecule has 0 saturated carbocycles. The minimum absolute atomic E-state index is 0.229. The van der Waals surface area contributed by atoms with Crippen molar-refractivity contribution in [3.05, 3.63) is 102 Å². The molecule has 0 aliphatic heterocycles. The van der Waals surface area contributed by atoms with Gasteiger partial charge in [-0.25, -0.2) is 4.68 Å². The van der Waals surface area contributed by atoms with Gasteiger partial charge in [0.15, 0.2) is 0 Å². The molecule has 1 heterocycles. The summed E-state index contributed by atoms with van der Waals surface area (Å²) in [6, 6.07) is 23.4. The molecule has 0 atom stereocenters. The molecule has 0 radical (unpaired) electrons. The molecule has 1 N–H and O–H groups in total. The van der Waals surface area contributed by atoms with Crippen molar-refractivity contribution in [2.75, 3.05) is 12.4 Å². The number of anilines is 1. The summed E-state index contributed by atoms with van der Waals surface area (Å²) in [5.41, 5.74) is 2.93. The average molecular weight is 441 g/mol. The first-order valence-corrected chi connectivity index (χ1v) is 10.5. The molecular weight excluding hydrogens is 418 g/mol. The van der Waals surface area contributed by atoms with Crippen LogP contribution in [0.2, 0.25) is 0 Å². The maximum atomic E-state index is 12.5. The number of carbonyl (C=O) groups is 2. The maximum Gasteiger partial charge on any atom is 0.311 e. The van der Waals surface area contributed by atoms with Gasteiger partial charge in [0, 0.05) is 11.9 Å². The van der Waals surface area contributed by atoms with Crippen LogP contribution in [0, 0.1) is 0 Å². The number of amides is 1. The van der Waals surface area contributed by atoms with Gasteiger partial charge in [-0.3, -0.25) is 9.59 Å². The SMILES string of the molecule is COc1ccccc1C(=O)Nc1ccc(OC(=O)CCc2cnn(-c3ccccc3)c2)cc1. The quantitative estimate of drug-likeness (QED) is 0.317. The third-order valence-electron chi connectivity index (χ3n) is 4.97. The summed E-state index contributed by atoms with van der Waals surface area (Å²) in [6.07, 6.45) is 4.41. The molecule has 0 aliphatic carbocycles. The Hall–Kier alpha value is -4.39. The van der Waals surface area contributed by atoms with Gasteiger partial charge in [0.25, 0.3) is 5.91 Å². The van der Waals surface area contributed by atoms with E-state index in [0.717, 1.165) is 11.3 Å². The Morgan fingerprint density at radius 2 is 1.67 bits per heavy atom. The van der Waals surface area contributed by atoms with E-state index < -0.39 is 0 Å². The summed E-state index contributed by atoms with van der Waals surface area (Å²) in [6.45, 7) is 0. The fraction of sp³-hybridized carbons (Fsp3) is 0.115. The number of esters is 1. The number of nitrogens with zero attached hydrogens (tertiary/aromatic N) is 2. The van der Waals surface area contributed by atoms with Crippen LogP contribution in [0.1, 0.15) is 22.3 Å². The van der Waals surface area contributed by atoms with Crippen molar-refractivity contribution in [2.24, 2.45) is 0 Å². The van der Waals surface area contributed by atoms with E-state index >= 15 is 0 Å². The number of aryl methyl sites for hydroxylation is 1. The summed E-state index contributed by atoms with van der Waals surface area (Å²) in [7, 11) is 1.52. The Labute approximate surface area is 191 Å². The molecule has 0 unspecified atom stereocenters. The van der Waals surface area contributed by atoms with Crippen molar-refractivity contribution in [3.63, 3.8) is 0 Å². The minimum atomic E-state index is -0.340. The molecule has 4 rings (SSSR count). The molecule has 1 amide bonds. The Balaban J connectivity index is 1.29. The van der Waals surface area contributed by atoms with Gasteiger partial charge in [-0.1, -0.05) is 30.3 Å². The number of benzene rings is 3. The Morgan fingerprint density at radius 3 is 2.42 bits per heavy atom. The molecule has 3 aromatic carbocycles. The number of hydrogen-bond donors (Lipinski definition) is 1. The normalized spacial score (nSPS) is 10.5. The lowest BCUT2D eigenvalue weighted by atomic mass is 10.2. The first-order chi connectivity index (χ1) is 16.1. The highest BCUT2D eigenvalue weighted by Crippen LogP contribution is 2.21. The van der Waals surface area contributed by atoms with Crippen LogP contribution in [0.4, 0.5) is 5.69 Å². The highest BCUT2D eigenvalue weighted by Gasteiger charge is 2.12. The second kappa shape index (κ2) is 10.3. The topological polar surface area (TPSA) is 82.4 Å². The Bertz CT molecular complexity index is 1230. The van der Waals surface area contributed by atoms with Crippen LogP contribution in [-0.2, 0) is 11.2 Å². The van der Waals surface area contributed by atoms with Crippen molar-refractivity contribution in [1.82, 2.24) is 9.78 Å². The van der Waals surface area contributed by atoms with Gasteiger partial charge in [-0.2, -0.15) is 5.10 Å². The zero-order valence-electron chi connectivity index (χ0n) is 18.1. The predicted octanol–water partition coefficient (Wildman–Crippen LogP) is 4.67. The zero-order chi connectivity index (χ0) is 23.0. The minimum Gasteiger partial charge on any atom is -0.496 e. The van der Waals surface area contributed by atoms with E-state index in [0.29, 0.717) is 29.2 Å². The first kappa shape index (κ1) is 21.8. The number of methoxy groups -OCH3 is 1.